The van der Waals surface area contributed by atoms with Crippen molar-refractivity contribution in [2.24, 2.45) is 0 Å². The summed E-state index contributed by atoms with van der Waals surface area (Å²) in [5.41, 5.74) is 2.27. The Hall–Kier alpha value is -3.27. The van der Waals surface area contributed by atoms with Crippen molar-refractivity contribution in [3.8, 4) is 22.9 Å². The number of aromatic nitrogens is 4. The molecule has 10 heteroatoms. The molecule has 0 radical (unpaired) electrons. The number of methoxy groups -OCH3 is 3. The van der Waals surface area contributed by atoms with E-state index in [2.05, 4.69) is 20.8 Å². The van der Waals surface area contributed by atoms with Crippen LogP contribution in [0.1, 0.15) is 5.56 Å². The van der Waals surface area contributed by atoms with Crippen LogP contribution >= 0.6 is 11.8 Å². The highest BCUT2D eigenvalue weighted by molar-refractivity contribution is 7.99. The van der Waals surface area contributed by atoms with Gasteiger partial charge in [0.05, 0.1) is 32.8 Å². The number of tetrazole rings is 1. The standard InChI is InChI=1S/C19H21N5O4S/c1-12-5-7-17(28-4)15(9-12)24-19(21-22-23-24)29-11-18(25)20-14-10-13(26-2)6-8-16(14)27-3/h5-10H,11H2,1-4H3,(H,20,25). The maximum absolute atomic E-state index is 12.5. The molecule has 0 spiro atoms. The molecule has 152 valence electrons. The first kappa shape index (κ1) is 20.5. The summed E-state index contributed by atoms with van der Waals surface area (Å²) in [5.74, 6) is 1.67. The van der Waals surface area contributed by atoms with Crippen molar-refractivity contribution in [2.75, 3.05) is 32.4 Å². The van der Waals surface area contributed by atoms with E-state index < -0.39 is 0 Å². The zero-order valence-corrected chi connectivity index (χ0v) is 17.3. The van der Waals surface area contributed by atoms with E-state index in [0.29, 0.717) is 33.8 Å². The number of nitrogens with one attached hydrogen (secondary N) is 1. The maximum Gasteiger partial charge on any atom is 0.234 e. The molecule has 1 heterocycles. The number of ether oxygens (including phenoxy) is 3. The summed E-state index contributed by atoms with van der Waals surface area (Å²) >= 11 is 1.21. The number of nitrogens with zero attached hydrogens (tertiary/aromatic N) is 4. The molecule has 1 amide bonds. The Morgan fingerprint density at radius 1 is 1.07 bits per heavy atom. The summed E-state index contributed by atoms with van der Waals surface area (Å²) in [7, 11) is 4.68. The van der Waals surface area contributed by atoms with E-state index in [0.717, 1.165) is 5.56 Å². The van der Waals surface area contributed by atoms with Crippen LogP contribution in [0.5, 0.6) is 17.2 Å². The second-order valence-electron chi connectivity index (χ2n) is 5.95. The van der Waals surface area contributed by atoms with E-state index in [-0.39, 0.29) is 11.7 Å². The lowest BCUT2D eigenvalue weighted by Gasteiger charge is -2.12. The highest BCUT2D eigenvalue weighted by atomic mass is 32.2. The molecular weight excluding hydrogens is 394 g/mol. The minimum atomic E-state index is -0.229. The first-order chi connectivity index (χ1) is 14.0. The number of amides is 1. The summed E-state index contributed by atoms with van der Waals surface area (Å²) in [6.07, 6.45) is 0. The van der Waals surface area contributed by atoms with Crippen molar-refractivity contribution >= 4 is 23.4 Å². The monoisotopic (exact) mass is 415 g/mol. The molecule has 0 saturated heterocycles. The van der Waals surface area contributed by atoms with Crippen LogP contribution in [-0.4, -0.2) is 53.2 Å². The Balaban J connectivity index is 1.73. The van der Waals surface area contributed by atoms with Gasteiger partial charge >= 0.3 is 0 Å². The van der Waals surface area contributed by atoms with Gasteiger partial charge in [-0.2, -0.15) is 4.68 Å². The van der Waals surface area contributed by atoms with Gasteiger partial charge in [-0.1, -0.05) is 17.8 Å². The summed E-state index contributed by atoms with van der Waals surface area (Å²) in [4.78, 5) is 12.5. The van der Waals surface area contributed by atoms with Gasteiger partial charge < -0.3 is 19.5 Å². The molecule has 0 aliphatic heterocycles. The number of hydrogen-bond donors (Lipinski definition) is 1. The molecule has 0 aliphatic carbocycles. The molecule has 0 aliphatic rings. The molecule has 9 nitrogen and oxygen atoms in total. The van der Waals surface area contributed by atoms with Crippen LogP contribution in [0.25, 0.3) is 5.69 Å². The predicted octanol–water partition coefficient (Wildman–Crippen LogP) is 2.73. The molecule has 0 bridgehead atoms. The molecule has 0 saturated carbocycles. The van der Waals surface area contributed by atoms with E-state index in [1.54, 1.807) is 37.1 Å². The SMILES string of the molecule is COc1ccc(OC)c(NC(=O)CSc2nnnn2-c2cc(C)ccc2OC)c1. The molecule has 0 atom stereocenters. The van der Waals surface area contributed by atoms with Crippen molar-refractivity contribution in [3.05, 3.63) is 42.0 Å². The topological polar surface area (TPSA) is 100 Å². The zero-order chi connectivity index (χ0) is 20.8. The molecule has 1 N–H and O–H groups in total. The Kier molecular flexibility index (Phi) is 6.55. The van der Waals surface area contributed by atoms with E-state index in [1.165, 1.54) is 18.9 Å². The van der Waals surface area contributed by atoms with Crippen molar-refractivity contribution < 1.29 is 19.0 Å². The van der Waals surface area contributed by atoms with E-state index in [9.17, 15) is 4.79 Å². The number of aryl methyl sites for hydroxylation is 1. The highest BCUT2D eigenvalue weighted by Gasteiger charge is 2.16. The lowest BCUT2D eigenvalue weighted by Crippen LogP contribution is -2.15. The van der Waals surface area contributed by atoms with Crippen LogP contribution < -0.4 is 19.5 Å². The molecule has 3 aromatic rings. The summed E-state index contributed by atoms with van der Waals surface area (Å²) in [6.45, 7) is 1.97. The fourth-order valence-corrected chi connectivity index (χ4v) is 3.30. The van der Waals surface area contributed by atoms with Gasteiger partial charge in [-0.25, -0.2) is 0 Å². The van der Waals surface area contributed by atoms with Crippen LogP contribution in [0.4, 0.5) is 5.69 Å². The third kappa shape index (κ3) is 4.77. The van der Waals surface area contributed by atoms with Crippen LogP contribution in [0, 0.1) is 6.92 Å². The fraction of sp³-hybridized carbons (Fsp3) is 0.263. The number of benzene rings is 2. The number of carbonyl (C=O) groups is 1. The zero-order valence-electron chi connectivity index (χ0n) is 16.5. The van der Waals surface area contributed by atoms with E-state index in [4.69, 9.17) is 14.2 Å². The third-order valence-corrected chi connectivity index (χ3v) is 4.94. The first-order valence-corrected chi connectivity index (χ1v) is 9.62. The van der Waals surface area contributed by atoms with Crippen LogP contribution in [0.3, 0.4) is 0 Å². The Labute approximate surface area is 172 Å². The average Bonchev–Trinajstić information content (AvgIpc) is 3.20. The number of anilines is 1. The second kappa shape index (κ2) is 9.28. The van der Waals surface area contributed by atoms with Gasteiger partial charge in [0, 0.05) is 6.07 Å². The van der Waals surface area contributed by atoms with Gasteiger partial charge in [-0.05, 0) is 47.2 Å². The molecule has 29 heavy (non-hydrogen) atoms. The lowest BCUT2D eigenvalue weighted by atomic mass is 10.2. The summed E-state index contributed by atoms with van der Waals surface area (Å²) < 4.78 is 17.4. The van der Waals surface area contributed by atoms with Gasteiger partial charge in [0.2, 0.25) is 11.1 Å². The molecule has 2 aromatic carbocycles. The number of thioether (sulfide) groups is 1. The predicted molar refractivity (Wildman–Crippen MR) is 109 cm³/mol. The Morgan fingerprint density at radius 2 is 1.83 bits per heavy atom. The van der Waals surface area contributed by atoms with Gasteiger partial charge in [0.1, 0.15) is 22.9 Å². The quantitative estimate of drug-likeness (QED) is 0.561. The lowest BCUT2D eigenvalue weighted by molar-refractivity contribution is -0.113. The van der Waals surface area contributed by atoms with Crippen molar-refractivity contribution in [1.29, 1.82) is 0 Å². The largest absolute Gasteiger partial charge is 0.497 e. The highest BCUT2D eigenvalue weighted by Crippen LogP contribution is 2.30. The van der Waals surface area contributed by atoms with Crippen LogP contribution in [0.2, 0.25) is 0 Å². The summed E-state index contributed by atoms with van der Waals surface area (Å²) in [5, 5.41) is 15.1. The normalized spacial score (nSPS) is 10.5. The molecule has 1 aromatic heterocycles. The average molecular weight is 415 g/mol. The maximum atomic E-state index is 12.5. The van der Waals surface area contributed by atoms with Crippen LogP contribution in [0.15, 0.2) is 41.6 Å². The smallest absolute Gasteiger partial charge is 0.234 e. The van der Waals surface area contributed by atoms with Crippen LogP contribution in [-0.2, 0) is 4.79 Å². The first-order valence-electron chi connectivity index (χ1n) is 8.63. The van der Waals surface area contributed by atoms with Gasteiger partial charge in [-0.15, -0.1) is 5.10 Å². The number of hydrogen-bond acceptors (Lipinski definition) is 8. The second-order valence-corrected chi connectivity index (χ2v) is 6.89. The van der Waals surface area contributed by atoms with E-state index in [1.807, 2.05) is 25.1 Å². The molecule has 0 unspecified atom stereocenters. The minimum Gasteiger partial charge on any atom is -0.497 e. The molecule has 0 fully saturated rings. The van der Waals surface area contributed by atoms with E-state index >= 15 is 0 Å². The Bertz CT molecular complexity index is 1010. The van der Waals surface area contributed by atoms with Crippen molar-refractivity contribution in [1.82, 2.24) is 20.2 Å². The van der Waals surface area contributed by atoms with Gasteiger partial charge in [0.25, 0.3) is 0 Å². The molecular formula is C19H21N5O4S. The Morgan fingerprint density at radius 3 is 2.55 bits per heavy atom. The van der Waals surface area contributed by atoms with Gasteiger partial charge in [0.15, 0.2) is 0 Å². The summed E-state index contributed by atoms with van der Waals surface area (Å²) in [6, 6.07) is 10.9. The fourth-order valence-electron chi connectivity index (χ4n) is 2.61. The third-order valence-electron chi connectivity index (χ3n) is 4.02. The van der Waals surface area contributed by atoms with Crippen molar-refractivity contribution in [3.63, 3.8) is 0 Å². The minimum absolute atomic E-state index is 0.106. The van der Waals surface area contributed by atoms with Gasteiger partial charge in [-0.3, -0.25) is 4.79 Å². The number of rotatable bonds is 8. The molecule has 3 rings (SSSR count). The number of carbonyl (C=O) groups excluding carboxylic acids is 1. The van der Waals surface area contributed by atoms with Crippen molar-refractivity contribution in [2.45, 2.75) is 12.1 Å².